The Morgan fingerprint density at radius 2 is 1.87 bits per heavy atom. The van der Waals surface area contributed by atoms with Crippen LogP contribution in [0.5, 0.6) is 0 Å². The van der Waals surface area contributed by atoms with Crippen LogP contribution in [0.1, 0.15) is 22.3 Å². The van der Waals surface area contributed by atoms with Gasteiger partial charge in [0.25, 0.3) is 0 Å². The van der Waals surface area contributed by atoms with Crippen molar-refractivity contribution in [1.29, 1.82) is 0 Å². The summed E-state index contributed by atoms with van der Waals surface area (Å²) in [7, 11) is 0. The molecule has 3 rings (SSSR count). The summed E-state index contributed by atoms with van der Waals surface area (Å²) in [6, 6.07) is 15.9. The highest BCUT2D eigenvalue weighted by atomic mass is 16.2. The second-order valence-electron chi connectivity index (χ2n) is 5.92. The van der Waals surface area contributed by atoms with Crippen LogP contribution >= 0.6 is 0 Å². The van der Waals surface area contributed by atoms with Crippen LogP contribution in [0.3, 0.4) is 0 Å². The molecular formula is C19H20N2O2. The van der Waals surface area contributed by atoms with Crippen molar-refractivity contribution in [3.63, 3.8) is 0 Å². The first kappa shape index (κ1) is 15.3. The minimum Gasteiger partial charge on any atom is -0.344 e. The van der Waals surface area contributed by atoms with E-state index >= 15 is 0 Å². The number of benzene rings is 2. The molecule has 4 heteroatoms. The molecule has 0 atom stereocenters. The molecule has 2 aromatic rings. The smallest absolute Gasteiger partial charge is 0.312 e. The van der Waals surface area contributed by atoms with Gasteiger partial charge < -0.3 is 10.2 Å². The first-order chi connectivity index (χ1) is 11.1. The molecule has 1 N–H and O–H groups in total. The Kier molecular flexibility index (Phi) is 4.42. The molecule has 0 aromatic heterocycles. The van der Waals surface area contributed by atoms with Gasteiger partial charge in [0.15, 0.2) is 0 Å². The van der Waals surface area contributed by atoms with Crippen LogP contribution in [-0.4, -0.2) is 23.3 Å². The van der Waals surface area contributed by atoms with Crippen LogP contribution in [0.4, 0.5) is 0 Å². The highest BCUT2D eigenvalue weighted by Crippen LogP contribution is 2.18. The van der Waals surface area contributed by atoms with Crippen LogP contribution in [-0.2, 0) is 29.1 Å². The fourth-order valence-electron chi connectivity index (χ4n) is 2.89. The first-order valence-electron chi connectivity index (χ1n) is 7.83. The van der Waals surface area contributed by atoms with Gasteiger partial charge in [0, 0.05) is 19.6 Å². The number of carbonyl (C=O) groups is 2. The van der Waals surface area contributed by atoms with E-state index < -0.39 is 11.8 Å². The second kappa shape index (κ2) is 6.65. The standard InChI is InChI=1S/C19H20N2O2/c1-14-5-4-6-15(11-14)12-20-18(22)19(23)21-10-9-16-7-2-3-8-17(16)13-21/h2-8,11H,9-10,12-13H2,1H3,(H,20,22). The van der Waals surface area contributed by atoms with E-state index in [0.717, 1.165) is 23.1 Å². The number of hydrogen-bond acceptors (Lipinski definition) is 2. The molecule has 23 heavy (non-hydrogen) atoms. The SMILES string of the molecule is Cc1cccc(CNC(=O)C(=O)N2CCc3ccccc3C2)c1. The Morgan fingerprint density at radius 1 is 1.09 bits per heavy atom. The maximum absolute atomic E-state index is 12.3. The third-order valence-corrected chi connectivity index (χ3v) is 4.15. The monoisotopic (exact) mass is 308 g/mol. The van der Waals surface area contributed by atoms with Crippen molar-refractivity contribution in [3.8, 4) is 0 Å². The number of carbonyl (C=O) groups excluding carboxylic acids is 2. The summed E-state index contributed by atoms with van der Waals surface area (Å²) in [5, 5.41) is 2.72. The molecule has 1 heterocycles. The average molecular weight is 308 g/mol. The van der Waals surface area contributed by atoms with Gasteiger partial charge in [0.1, 0.15) is 0 Å². The predicted molar refractivity (Wildman–Crippen MR) is 88.6 cm³/mol. The van der Waals surface area contributed by atoms with Crippen molar-refractivity contribution in [1.82, 2.24) is 10.2 Å². The number of aryl methyl sites for hydroxylation is 1. The van der Waals surface area contributed by atoms with Gasteiger partial charge >= 0.3 is 11.8 Å². The summed E-state index contributed by atoms with van der Waals surface area (Å²) in [6.45, 7) is 3.47. The van der Waals surface area contributed by atoms with E-state index in [1.54, 1.807) is 4.90 Å². The van der Waals surface area contributed by atoms with Crippen LogP contribution < -0.4 is 5.32 Å². The molecule has 4 nitrogen and oxygen atoms in total. The van der Waals surface area contributed by atoms with Crippen LogP contribution in [0, 0.1) is 6.92 Å². The van der Waals surface area contributed by atoms with E-state index in [1.165, 1.54) is 5.56 Å². The van der Waals surface area contributed by atoms with Crippen molar-refractivity contribution < 1.29 is 9.59 Å². The molecule has 0 saturated carbocycles. The van der Waals surface area contributed by atoms with Gasteiger partial charge in [-0.15, -0.1) is 0 Å². The maximum atomic E-state index is 12.3. The van der Waals surface area contributed by atoms with Gasteiger partial charge in [-0.3, -0.25) is 9.59 Å². The molecule has 0 bridgehead atoms. The Morgan fingerprint density at radius 3 is 2.65 bits per heavy atom. The highest BCUT2D eigenvalue weighted by molar-refractivity contribution is 6.34. The zero-order chi connectivity index (χ0) is 16.2. The van der Waals surface area contributed by atoms with Crippen molar-refractivity contribution in [3.05, 3.63) is 70.8 Å². The number of hydrogen-bond donors (Lipinski definition) is 1. The maximum Gasteiger partial charge on any atom is 0.312 e. The van der Waals surface area contributed by atoms with E-state index in [2.05, 4.69) is 11.4 Å². The third kappa shape index (κ3) is 3.59. The molecule has 0 aliphatic carbocycles. The lowest BCUT2D eigenvalue weighted by Gasteiger charge is -2.28. The number of rotatable bonds is 2. The van der Waals surface area contributed by atoms with Crippen molar-refractivity contribution in [2.75, 3.05) is 6.54 Å². The van der Waals surface area contributed by atoms with Crippen molar-refractivity contribution >= 4 is 11.8 Å². The minimum atomic E-state index is -0.536. The quantitative estimate of drug-likeness (QED) is 0.865. The van der Waals surface area contributed by atoms with Crippen molar-refractivity contribution in [2.24, 2.45) is 0 Å². The van der Waals surface area contributed by atoms with E-state index in [1.807, 2.05) is 49.4 Å². The number of amides is 2. The lowest BCUT2D eigenvalue weighted by molar-refractivity contribution is -0.146. The molecule has 0 spiro atoms. The van der Waals surface area contributed by atoms with Crippen LogP contribution in [0.25, 0.3) is 0 Å². The third-order valence-electron chi connectivity index (χ3n) is 4.15. The highest BCUT2D eigenvalue weighted by Gasteiger charge is 2.25. The number of nitrogens with zero attached hydrogens (tertiary/aromatic N) is 1. The minimum absolute atomic E-state index is 0.372. The summed E-state index contributed by atoms with van der Waals surface area (Å²) in [5.41, 5.74) is 4.51. The fourth-order valence-corrected chi connectivity index (χ4v) is 2.89. The predicted octanol–water partition coefficient (Wildman–Crippen LogP) is 2.20. The molecule has 0 unspecified atom stereocenters. The first-order valence-corrected chi connectivity index (χ1v) is 7.83. The zero-order valence-corrected chi connectivity index (χ0v) is 13.2. The van der Waals surface area contributed by atoms with E-state index in [4.69, 9.17) is 0 Å². The molecule has 0 saturated heterocycles. The Labute approximate surface area is 136 Å². The topological polar surface area (TPSA) is 49.4 Å². The second-order valence-corrected chi connectivity index (χ2v) is 5.92. The normalized spacial score (nSPS) is 13.3. The zero-order valence-electron chi connectivity index (χ0n) is 13.2. The molecule has 118 valence electrons. The summed E-state index contributed by atoms with van der Waals surface area (Å²) < 4.78 is 0. The summed E-state index contributed by atoms with van der Waals surface area (Å²) in [4.78, 5) is 26.0. The van der Waals surface area contributed by atoms with Gasteiger partial charge in [-0.1, -0.05) is 54.1 Å². The molecule has 0 radical (unpaired) electrons. The molecule has 0 fully saturated rings. The molecule has 2 amide bonds. The molecular weight excluding hydrogens is 288 g/mol. The van der Waals surface area contributed by atoms with Gasteiger partial charge in [-0.05, 0) is 30.0 Å². The van der Waals surface area contributed by atoms with Gasteiger partial charge in [-0.25, -0.2) is 0 Å². The summed E-state index contributed by atoms with van der Waals surface area (Å²) in [5.74, 6) is -0.988. The molecule has 1 aliphatic rings. The van der Waals surface area contributed by atoms with Crippen molar-refractivity contribution in [2.45, 2.75) is 26.4 Å². The number of nitrogens with one attached hydrogen (secondary N) is 1. The summed E-state index contributed by atoms with van der Waals surface area (Å²) >= 11 is 0. The van der Waals surface area contributed by atoms with Gasteiger partial charge in [0.2, 0.25) is 0 Å². The van der Waals surface area contributed by atoms with E-state index in [0.29, 0.717) is 19.6 Å². The van der Waals surface area contributed by atoms with Crippen LogP contribution in [0.2, 0.25) is 0 Å². The fraction of sp³-hybridized carbons (Fsp3) is 0.263. The van der Waals surface area contributed by atoms with Gasteiger partial charge in [0.05, 0.1) is 0 Å². The molecule has 1 aliphatic heterocycles. The largest absolute Gasteiger partial charge is 0.344 e. The van der Waals surface area contributed by atoms with E-state index in [9.17, 15) is 9.59 Å². The van der Waals surface area contributed by atoms with Gasteiger partial charge in [-0.2, -0.15) is 0 Å². The Hall–Kier alpha value is -2.62. The average Bonchev–Trinajstić information content (AvgIpc) is 2.58. The van der Waals surface area contributed by atoms with Crippen LogP contribution in [0.15, 0.2) is 48.5 Å². The lowest BCUT2D eigenvalue weighted by Crippen LogP contribution is -2.44. The lowest BCUT2D eigenvalue weighted by atomic mass is 10.00. The summed E-state index contributed by atoms with van der Waals surface area (Å²) in [6.07, 6.45) is 0.799. The van der Waals surface area contributed by atoms with E-state index in [-0.39, 0.29) is 0 Å². The molecule has 2 aromatic carbocycles. The Bertz CT molecular complexity index is 740. The number of fused-ring (bicyclic) bond motifs is 1. The Balaban J connectivity index is 1.59.